The van der Waals surface area contributed by atoms with Crippen LogP contribution in [0.4, 0.5) is 11.4 Å². The molecule has 0 bridgehead atoms. The van der Waals surface area contributed by atoms with E-state index in [1.807, 2.05) is 48.8 Å². The molecule has 0 N–H and O–H groups in total. The summed E-state index contributed by atoms with van der Waals surface area (Å²) in [6.07, 6.45) is 1.97. The largest absolute Gasteiger partial charge is 0.491 e. The van der Waals surface area contributed by atoms with Crippen LogP contribution >= 0.6 is 11.3 Å². The first-order chi connectivity index (χ1) is 21.6. The van der Waals surface area contributed by atoms with Crippen molar-refractivity contribution in [3.05, 3.63) is 94.6 Å². The number of anilines is 2. The molecule has 2 aliphatic heterocycles. The lowest BCUT2D eigenvalue weighted by molar-refractivity contribution is -0.0658. The van der Waals surface area contributed by atoms with Gasteiger partial charge in [-0.05, 0) is 74.0 Å². The summed E-state index contributed by atoms with van der Waals surface area (Å²) in [6, 6.07) is 22.6. The van der Waals surface area contributed by atoms with Gasteiger partial charge >= 0.3 is 5.69 Å². The third kappa shape index (κ3) is 5.82. The highest BCUT2D eigenvalue weighted by Gasteiger charge is 2.28. The van der Waals surface area contributed by atoms with E-state index in [4.69, 9.17) is 14.2 Å². The Bertz CT molecular complexity index is 1760. The van der Waals surface area contributed by atoms with Gasteiger partial charge in [0.25, 0.3) is 0 Å². The Balaban J connectivity index is 0.889. The van der Waals surface area contributed by atoms with E-state index in [0.29, 0.717) is 13.2 Å². The molecule has 2 fully saturated rings. The lowest BCUT2D eigenvalue weighted by Crippen LogP contribution is -2.46. The van der Waals surface area contributed by atoms with E-state index in [2.05, 4.69) is 57.1 Å². The SMILES string of the molecule is CCC(C)n1ncn(-c2ccc(N3CCN(c4ccc(OC[C@@H]5CO[C@@H](c6ccc7ncsc7c6)O5)cc4)CC3)cc2)c1=O. The molecule has 1 unspecified atom stereocenters. The van der Waals surface area contributed by atoms with Crippen molar-refractivity contribution in [3.8, 4) is 11.4 Å². The fraction of sp³-hybridized carbons (Fsp3) is 0.364. The van der Waals surface area contributed by atoms with Crippen LogP contribution in [0.2, 0.25) is 0 Å². The lowest BCUT2D eigenvalue weighted by atomic mass is 10.2. The number of ether oxygens (including phenoxy) is 3. The highest BCUT2D eigenvalue weighted by atomic mass is 32.1. The zero-order valence-corrected chi connectivity index (χ0v) is 25.7. The standard InChI is InChI=1S/C33H36N6O4S/c1-3-23(2)39-33(40)38(21-35-39)27-7-5-25(6-8-27)36-14-16-37(17-15-36)26-9-11-28(12-10-26)41-19-29-20-42-32(43-29)24-4-13-30-31(18-24)44-22-34-30/h4-13,18,21-23,29,32H,3,14-17,19-20H2,1-2H3/t23?,29-,32-/m1/s1. The van der Waals surface area contributed by atoms with Crippen LogP contribution < -0.4 is 20.2 Å². The molecular weight excluding hydrogens is 576 g/mol. The van der Waals surface area contributed by atoms with Crippen molar-refractivity contribution >= 4 is 32.9 Å². The second kappa shape index (κ2) is 12.4. The molecule has 3 atom stereocenters. The Morgan fingerprint density at radius 1 is 0.955 bits per heavy atom. The molecule has 4 heterocycles. The smallest absolute Gasteiger partial charge is 0.350 e. The molecule has 7 rings (SSSR count). The van der Waals surface area contributed by atoms with E-state index in [9.17, 15) is 4.79 Å². The van der Waals surface area contributed by atoms with E-state index < -0.39 is 0 Å². The van der Waals surface area contributed by atoms with Crippen LogP contribution in [0, 0.1) is 0 Å². The lowest BCUT2D eigenvalue weighted by Gasteiger charge is -2.37. The minimum absolute atomic E-state index is 0.0783. The van der Waals surface area contributed by atoms with E-state index in [1.165, 1.54) is 5.69 Å². The van der Waals surface area contributed by atoms with E-state index in [0.717, 1.165) is 65.5 Å². The van der Waals surface area contributed by atoms with Crippen LogP contribution in [0.5, 0.6) is 5.75 Å². The molecule has 0 amide bonds. The van der Waals surface area contributed by atoms with Crippen LogP contribution in [0.3, 0.4) is 0 Å². The van der Waals surface area contributed by atoms with Crippen molar-refractivity contribution in [1.82, 2.24) is 19.3 Å². The monoisotopic (exact) mass is 612 g/mol. The summed E-state index contributed by atoms with van der Waals surface area (Å²) in [5.74, 6) is 0.819. The summed E-state index contributed by atoms with van der Waals surface area (Å²) in [4.78, 5) is 21.9. The number of nitrogens with zero attached hydrogens (tertiary/aromatic N) is 6. The molecule has 2 aliphatic rings. The number of aromatic nitrogens is 4. The van der Waals surface area contributed by atoms with Crippen LogP contribution in [0.1, 0.15) is 38.2 Å². The minimum atomic E-state index is -0.377. The van der Waals surface area contributed by atoms with Crippen molar-refractivity contribution in [2.75, 3.05) is 49.2 Å². The number of benzene rings is 3. The maximum Gasteiger partial charge on any atom is 0.350 e. The van der Waals surface area contributed by atoms with Gasteiger partial charge < -0.3 is 24.0 Å². The molecule has 0 aliphatic carbocycles. The third-order valence-electron chi connectivity index (χ3n) is 8.49. The fourth-order valence-electron chi connectivity index (χ4n) is 5.69. The maximum absolute atomic E-state index is 12.8. The predicted octanol–water partition coefficient (Wildman–Crippen LogP) is 5.43. The molecule has 228 valence electrons. The number of rotatable bonds is 9. The van der Waals surface area contributed by atoms with Crippen LogP contribution in [0.15, 0.2) is 83.4 Å². The summed E-state index contributed by atoms with van der Waals surface area (Å²) < 4.78 is 22.4. The van der Waals surface area contributed by atoms with Gasteiger partial charge in [-0.2, -0.15) is 5.10 Å². The minimum Gasteiger partial charge on any atom is -0.491 e. The highest BCUT2D eigenvalue weighted by Crippen LogP contribution is 2.31. The van der Waals surface area contributed by atoms with Gasteiger partial charge in [0.05, 0.1) is 34.1 Å². The second-order valence-corrected chi connectivity index (χ2v) is 12.2. The molecule has 2 saturated heterocycles. The zero-order chi connectivity index (χ0) is 30.0. The number of hydrogen-bond donors (Lipinski definition) is 0. The first-order valence-corrected chi connectivity index (χ1v) is 16.0. The molecular formula is C33H36N6O4S. The van der Waals surface area contributed by atoms with Crippen LogP contribution in [-0.4, -0.2) is 64.8 Å². The Labute approximate surface area is 260 Å². The summed E-state index contributed by atoms with van der Waals surface area (Å²) in [6.45, 7) is 8.67. The Kier molecular flexibility index (Phi) is 8.07. The van der Waals surface area contributed by atoms with Gasteiger partial charge in [0, 0.05) is 43.1 Å². The Hall–Kier alpha value is -4.19. The second-order valence-electron chi connectivity index (χ2n) is 11.3. The summed E-state index contributed by atoms with van der Waals surface area (Å²) in [5.41, 5.74) is 6.92. The summed E-state index contributed by atoms with van der Waals surface area (Å²) in [7, 11) is 0. The highest BCUT2D eigenvalue weighted by molar-refractivity contribution is 7.16. The van der Waals surface area contributed by atoms with Crippen molar-refractivity contribution in [3.63, 3.8) is 0 Å². The zero-order valence-electron chi connectivity index (χ0n) is 24.9. The molecule has 11 heteroatoms. The average Bonchev–Trinajstić information content (AvgIpc) is 3.84. The van der Waals surface area contributed by atoms with Crippen LogP contribution in [-0.2, 0) is 9.47 Å². The van der Waals surface area contributed by atoms with E-state index >= 15 is 0 Å². The third-order valence-corrected chi connectivity index (χ3v) is 9.28. The topological polar surface area (TPSA) is 86.9 Å². The normalized spacial score (nSPS) is 19.5. The average molecular weight is 613 g/mol. The van der Waals surface area contributed by atoms with Gasteiger partial charge in [0.2, 0.25) is 0 Å². The Morgan fingerprint density at radius 3 is 2.34 bits per heavy atom. The van der Waals surface area contributed by atoms with Crippen molar-refractivity contribution in [2.24, 2.45) is 0 Å². The predicted molar refractivity (Wildman–Crippen MR) is 172 cm³/mol. The molecule has 5 aromatic rings. The van der Waals surface area contributed by atoms with E-state index in [1.54, 1.807) is 26.9 Å². The number of hydrogen-bond acceptors (Lipinski definition) is 9. The molecule has 0 radical (unpaired) electrons. The molecule has 0 saturated carbocycles. The number of piperazine rings is 1. The molecule has 10 nitrogen and oxygen atoms in total. The number of fused-ring (bicyclic) bond motifs is 1. The van der Waals surface area contributed by atoms with Gasteiger partial charge in [-0.3, -0.25) is 0 Å². The van der Waals surface area contributed by atoms with Gasteiger partial charge in [-0.15, -0.1) is 11.3 Å². The van der Waals surface area contributed by atoms with Gasteiger partial charge in [0.15, 0.2) is 6.29 Å². The van der Waals surface area contributed by atoms with Crippen molar-refractivity contribution < 1.29 is 14.2 Å². The quantitative estimate of drug-likeness (QED) is 0.218. The van der Waals surface area contributed by atoms with Crippen molar-refractivity contribution in [2.45, 2.75) is 38.7 Å². The van der Waals surface area contributed by atoms with Crippen molar-refractivity contribution in [1.29, 1.82) is 0 Å². The van der Waals surface area contributed by atoms with Crippen LogP contribution in [0.25, 0.3) is 15.9 Å². The fourth-order valence-corrected chi connectivity index (χ4v) is 6.41. The number of thiazole rings is 1. The first-order valence-electron chi connectivity index (χ1n) is 15.2. The van der Waals surface area contributed by atoms with Gasteiger partial charge in [-0.1, -0.05) is 13.0 Å². The Morgan fingerprint density at radius 2 is 1.64 bits per heavy atom. The summed E-state index contributed by atoms with van der Waals surface area (Å²) in [5, 5.41) is 4.30. The summed E-state index contributed by atoms with van der Waals surface area (Å²) >= 11 is 1.62. The molecule has 0 spiro atoms. The van der Waals surface area contributed by atoms with E-state index in [-0.39, 0.29) is 24.1 Å². The maximum atomic E-state index is 12.8. The van der Waals surface area contributed by atoms with Gasteiger partial charge in [0.1, 0.15) is 24.8 Å². The first kappa shape index (κ1) is 28.6. The molecule has 2 aromatic heterocycles. The van der Waals surface area contributed by atoms with Gasteiger partial charge in [-0.25, -0.2) is 19.0 Å². The molecule has 44 heavy (non-hydrogen) atoms. The molecule has 3 aromatic carbocycles.